The molecule has 3 aliphatic heterocycles. The van der Waals surface area contributed by atoms with Gasteiger partial charge in [0.25, 0.3) is 0 Å². The lowest BCUT2D eigenvalue weighted by atomic mass is 9.84. The van der Waals surface area contributed by atoms with Crippen molar-refractivity contribution in [2.24, 2.45) is 17.3 Å². The number of nitrogens with one attached hydrogen (secondary N) is 2. The molecule has 274 valence electrons. The van der Waals surface area contributed by atoms with E-state index in [0.29, 0.717) is 43.9 Å². The molecule has 1 saturated carbocycles. The molecule has 4 aliphatic rings. The van der Waals surface area contributed by atoms with E-state index in [1.54, 1.807) is 6.07 Å². The molecule has 0 aromatic heterocycles. The second-order valence-corrected chi connectivity index (χ2v) is 16.4. The van der Waals surface area contributed by atoms with Gasteiger partial charge in [0.15, 0.2) is 17.8 Å². The van der Waals surface area contributed by atoms with E-state index in [-0.39, 0.29) is 55.5 Å². The van der Waals surface area contributed by atoms with E-state index in [1.165, 1.54) is 16.4 Å². The largest absolute Gasteiger partial charge is 0.454 e. The molecular formula is C36H49N3O10S. The van der Waals surface area contributed by atoms with Crippen molar-refractivity contribution in [3.63, 3.8) is 0 Å². The maximum atomic E-state index is 14.3. The first-order valence-electron chi connectivity index (χ1n) is 17.6. The highest BCUT2D eigenvalue weighted by molar-refractivity contribution is 7.89. The lowest BCUT2D eigenvalue weighted by molar-refractivity contribution is -0.127. The van der Waals surface area contributed by atoms with Crippen molar-refractivity contribution in [3.8, 4) is 11.5 Å². The summed E-state index contributed by atoms with van der Waals surface area (Å²) in [6.45, 7) is 4.95. The number of nitrogens with zero attached hydrogens (tertiary/aromatic N) is 1. The SMILES string of the molecule is CC(C)(CCCNC(=O)C1CCC1)CN(C[C@@H](O)[C@H](Cc1ccccc1)NC(=O)O[C@H]1CO[C@H]2OCC[C@H]21)S(=O)(=O)c1ccc2c(c1)OCO2. The molecule has 6 rings (SSSR count). The van der Waals surface area contributed by atoms with Gasteiger partial charge in [0, 0.05) is 31.6 Å². The van der Waals surface area contributed by atoms with Crippen LogP contribution in [0.5, 0.6) is 11.5 Å². The van der Waals surface area contributed by atoms with E-state index in [1.807, 2.05) is 44.2 Å². The summed E-state index contributed by atoms with van der Waals surface area (Å²) in [7, 11) is -4.17. The lowest BCUT2D eigenvalue weighted by Gasteiger charge is -2.35. The van der Waals surface area contributed by atoms with Crippen molar-refractivity contribution >= 4 is 22.0 Å². The molecule has 50 heavy (non-hydrogen) atoms. The van der Waals surface area contributed by atoms with Crippen LogP contribution in [0.4, 0.5) is 4.79 Å². The third kappa shape index (κ3) is 8.89. The van der Waals surface area contributed by atoms with Crippen LogP contribution in [-0.4, -0.2) is 94.0 Å². The summed E-state index contributed by atoms with van der Waals surface area (Å²) in [4.78, 5) is 25.6. The highest BCUT2D eigenvalue weighted by Crippen LogP contribution is 2.36. The Morgan fingerprint density at radius 3 is 2.60 bits per heavy atom. The monoisotopic (exact) mass is 715 g/mol. The van der Waals surface area contributed by atoms with Gasteiger partial charge >= 0.3 is 6.09 Å². The molecule has 3 heterocycles. The first-order chi connectivity index (χ1) is 24.0. The predicted molar refractivity (Wildman–Crippen MR) is 182 cm³/mol. The van der Waals surface area contributed by atoms with Gasteiger partial charge < -0.3 is 39.4 Å². The molecule has 2 saturated heterocycles. The van der Waals surface area contributed by atoms with Crippen LogP contribution in [-0.2, 0) is 35.4 Å². The van der Waals surface area contributed by atoms with Crippen molar-refractivity contribution in [1.82, 2.24) is 14.9 Å². The standard InChI is InChI=1S/C36H49N3O10S/c1-36(2,15-7-16-37-33(41)25-10-6-11-25)22-39(50(43,44)26-12-13-30-31(19-26)48-23-47-30)20-29(40)28(18-24-8-4-3-5-9-24)38-35(42)49-32-21-46-34-27(32)14-17-45-34/h3-5,8-9,12-13,19,25,27-29,32,34,40H,6-7,10-11,14-18,20-23H2,1-2H3,(H,37,41)(H,38,42)/t27-,28-,29+,32-,34+/m0/s1. The number of aliphatic hydroxyl groups is 1. The minimum Gasteiger partial charge on any atom is -0.454 e. The van der Waals surface area contributed by atoms with Crippen LogP contribution >= 0.6 is 0 Å². The summed E-state index contributed by atoms with van der Waals surface area (Å²) < 4.78 is 57.8. The Kier molecular flexibility index (Phi) is 11.5. The van der Waals surface area contributed by atoms with E-state index in [2.05, 4.69) is 10.6 Å². The molecule has 0 unspecified atom stereocenters. The van der Waals surface area contributed by atoms with Crippen molar-refractivity contribution in [2.45, 2.75) is 88.2 Å². The molecule has 0 radical (unpaired) electrons. The fraction of sp³-hybridized carbons (Fsp3) is 0.611. The Morgan fingerprint density at radius 1 is 1.06 bits per heavy atom. The average molecular weight is 716 g/mol. The second-order valence-electron chi connectivity index (χ2n) is 14.5. The van der Waals surface area contributed by atoms with Gasteiger partial charge in [-0.1, -0.05) is 50.6 Å². The highest BCUT2D eigenvalue weighted by Gasteiger charge is 2.44. The molecule has 3 fully saturated rings. The molecule has 3 N–H and O–H groups in total. The van der Waals surface area contributed by atoms with Crippen molar-refractivity contribution in [2.75, 3.05) is 39.6 Å². The Balaban J connectivity index is 1.18. The van der Waals surface area contributed by atoms with E-state index in [9.17, 15) is 23.1 Å². The number of hydrogen-bond donors (Lipinski definition) is 3. The Morgan fingerprint density at radius 2 is 1.84 bits per heavy atom. The van der Waals surface area contributed by atoms with Gasteiger partial charge in [-0.25, -0.2) is 13.2 Å². The topological polar surface area (TPSA) is 162 Å². The molecule has 1 aliphatic carbocycles. The zero-order chi connectivity index (χ0) is 35.3. The fourth-order valence-electron chi connectivity index (χ4n) is 6.94. The van der Waals surface area contributed by atoms with Gasteiger partial charge in [-0.2, -0.15) is 4.31 Å². The smallest absolute Gasteiger partial charge is 0.407 e. The van der Waals surface area contributed by atoms with Gasteiger partial charge in [0.2, 0.25) is 22.7 Å². The van der Waals surface area contributed by atoms with E-state index in [0.717, 1.165) is 24.8 Å². The van der Waals surface area contributed by atoms with Crippen LogP contribution in [0, 0.1) is 17.3 Å². The molecule has 2 aromatic carbocycles. The first-order valence-corrected chi connectivity index (χ1v) is 19.0. The number of benzene rings is 2. The number of carbonyl (C=O) groups excluding carboxylic acids is 2. The van der Waals surface area contributed by atoms with Crippen molar-refractivity contribution < 1.29 is 46.8 Å². The van der Waals surface area contributed by atoms with Crippen LogP contribution < -0.4 is 20.1 Å². The Hall–Kier alpha value is -3.43. The fourth-order valence-corrected chi connectivity index (χ4v) is 8.60. The zero-order valence-electron chi connectivity index (χ0n) is 28.8. The zero-order valence-corrected chi connectivity index (χ0v) is 29.6. The molecule has 14 heteroatoms. The highest BCUT2D eigenvalue weighted by atomic mass is 32.2. The lowest BCUT2D eigenvalue weighted by Crippen LogP contribution is -2.52. The summed E-state index contributed by atoms with van der Waals surface area (Å²) in [6, 6.07) is 12.9. The quantitative estimate of drug-likeness (QED) is 0.219. The van der Waals surface area contributed by atoms with Gasteiger partial charge in [-0.05, 0) is 61.6 Å². The molecule has 5 atom stereocenters. The molecule has 2 aromatic rings. The molecule has 2 amide bonds. The number of amides is 2. The van der Waals surface area contributed by atoms with E-state index >= 15 is 0 Å². The number of hydrogen-bond acceptors (Lipinski definition) is 10. The first kappa shape index (κ1) is 36.4. The number of sulfonamides is 1. The van der Waals surface area contributed by atoms with E-state index < -0.39 is 46.1 Å². The summed E-state index contributed by atoms with van der Waals surface area (Å²) in [6.07, 6.45) is 2.25. The third-order valence-corrected chi connectivity index (χ3v) is 11.9. The van der Waals surface area contributed by atoms with Crippen LogP contribution in [0.25, 0.3) is 0 Å². The third-order valence-electron chi connectivity index (χ3n) is 10.1. The maximum absolute atomic E-state index is 14.3. The van der Waals surface area contributed by atoms with Crippen LogP contribution in [0.2, 0.25) is 0 Å². The normalized spacial score (nSPS) is 22.8. The van der Waals surface area contributed by atoms with E-state index in [4.69, 9.17) is 23.7 Å². The Labute approximate surface area is 294 Å². The van der Waals surface area contributed by atoms with Crippen LogP contribution in [0.15, 0.2) is 53.4 Å². The number of fused-ring (bicyclic) bond motifs is 2. The predicted octanol–water partition coefficient (Wildman–Crippen LogP) is 3.59. The van der Waals surface area contributed by atoms with Crippen molar-refractivity contribution in [3.05, 3.63) is 54.1 Å². The van der Waals surface area contributed by atoms with Gasteiger partial charge in [-0.3, -0.25) is 4.79 Å². The minimum absolute atomic E-state index is 0.000870. The summed E-state index contributed by atoms with van der Waals surface area (Å²) in [5.74, 6) is 0.895. The number of alkyl carbamates (subject to hydrolysis) is 1. The van der Waals surface area contributed by atoms with Gasteiger partial charge in [-0.15, -0.1) is 0 Å². The molecule has 13 nitrogen and oxygen atoms in total. The van der Waals surface area contributed by atoms with Crippen LogP contribution in [0.3, 0.4) is 0 Å². The summed E-state index contributed by atoms with van der Waals surface area (Å²) >= 11 is 0. The van der Waals surface area contributed by atoms with Crippen LogP contribution in [0.1, 0.15) is 57.9 Å². The molecule has 0 bridgehead atoms. The second kappa shape index (κ2) is 15.9. The molecule has 0 spiro atoms. The number of carbonyl (C=O) groups is 2. The number of ether oxygens (including phenoxy) is 5. The summed E-state index contributed by atoms with van der Waals surface area (Å²) in [5, 5.41) is 17.6. The molecular weight excluding hydrogens is 666 g/mol. The average Bonchev–Trinajstić information content (AvgIpc) is 3.81. The van der Waals surface area contributed by atoms with Gasteiger partial charge in [0.05, 0.1) is 36.2 Å². The number of rotatable bonds is 16. The maximum Gasteiger partial charge on any atom is 0.407 e. The Bertz CT molecular complexity index is 1590. The number of aliphatic hydroxyl groups excluding tert-OH is 1. The van der Waals surface area contributed by atoms with Crippen molar-refractivity contribution in [1.29, 1.82) is 0 Å². The van der Waals surface area contributed by atoms with Gasteiger partial charge in [0.1, 0.15) is 6.10 Å². The summed E-state index contributed by atoms with van der Waals surface area (Å²) in [5.41, 5.74) is 0.313. The minimum atomic E-state index is -4.17.